The molecule has 1 aliphatic rings. The molecule has 0 fully saturated rings. The molecule has 0 atom stereocenters. The van der Waals surface area contributed by atoms with Crippen molar-refractivity contribution in [2.45, 2.75) is 13.5 Å². The third-order valence-electron chi connectivity index (χ3n) is 3.20. The van der Waals surface area contributed by atoms with E-state index in [0.29, 0.717) is 25.4 Å². The number of hydrogen-bond acceptors (Lipinski definition) is 5. The number of para-hydroxylation sites is 1. The second-order valence-corrected chi connectivity index (χ2v) is 4.66. The van der Waals surface area contributed by atoms with Crippen molar-refractivity contribution >= 4 is 11.7 Å². The molecule has 0 spiro atoms. The molecule has 20 heavy (non-hydrogen) atoms. The molecule has 104 valence electrons. The molecule has 0 aliphatic carbocycles. The number of ether oxygens (including phenoxy) is 1. The normalized spacial score (nSPS) is 13.8. The average Bonchev–Trinajstić information content (AvgIpc) is 2.84. The molecule has 0 radical (unpaired) electrons. The lowest BCUT2D eigenvalue weighted by molar-refractivity contribution is 0.0692. The zero-order chi connectivity index (χ0) is 14.1. The molecule has 1 aliphatic heterocycles. The van der Waals surface area contributed by atoms with Crippen molar-refractivity contribution in [2.75, 3.05) is 18.1 Å². The lowest BCUT2D eigenvalue weighted by atomic mass is 10.1. The van der Waals surface area contributed by atoms with Crippen LogP contribution >= 0.6 is 0 Å². The molecule has 6 nitrogen and oxygen atoms in total. The van der Waals surface area contributed by atoms with E-state index in [-0.39, 0.29) is 5.56 Å². The van der Waals surface area contributed by atoms with Crippen molar-refractivity contribution < 1.29 is 19.2 Å². The van der Waals surface area contributed by atoms with E-state index in [1.807, 2.05) is 24.0 Å². The Hall–Kier alpha value is -2.50. The highest BCUT2D eigenvalue weighted by atomic mass is 16.5. The van der Waals surface area contributed by atoms with Gasteiger partial charge in [-0.15, -0.1) is 0 Å². The van der Waals surface area contributed by atoms with Crippen LogP contribution in [0.5, 0.6) is 5.75 Å². The number of aromatic carboxylic acids is 1. The van der Waals surface area contributed by atoms with Crippen molar-refractivity contribution in [3.05, 3.63) is 41.3 Å². The van der Waals surface area contributed by atoms with Crippen LogP contribution in [0.2, 0.25) is 0 Å². The van der Waals surface area contributed by atoms with Crippen molar-refractivity contribution in [1.29, 1.82) is 0 Å². The van der Waals surface area contributed by atoms with Gasteiger partial charge in [-0.2, -0.15) is 0 Å². The Kier molecular flexibility index (Phi) is 3.06. The largest absolute Gasteiger partial charge is 0.489 e. The number of aromatic nitrogens is 1. The number of nitrogens with zero attached hydrogens (tertiary/aromatic N) is 2. The molecule has 1 N–H and O–H groups in total. The molecular formula is C14H14N2O4. The minimum atomic E-state index is -0.987. The Morgan fingerprint density at radius 3 is 3.05 bits per heavy atom. The molecule has 0 saturated carbocycles. The summed E-state index contributed by atoms with van der Waals surface area (Å²) in [6.45, 7) is 3.53. The molecule has 2 aromatic rings. The highest BCUT2D eigenvalue weighted by Gasteiger charge is 2.24. The van der Waals surface area contributed by atoms with Crippen molar-refractivity contribution in [3.8, 4) is 5.75 Å². The number of fused-ring (bicyclic) bond motifs is 1. The van der Waals surface area contributed by atoms with E-state index in [9.17, 15) is 9.90 Å². The quantitative estimate of drug-likeness (QED) is 0.923. The maximum atomic E-state index is 11.2. The molecule has 6 heteroatoms. The smallest absolute Gasteiger partial charge is 0.339 e. The van der Waals surface area contributed by atoms with Crippen molar-refractivity contribution in [3.63, 3.8) is 0 Å². The predicted molar refractivity (Wildman–Crippen MR) is 71.2 cm³/mol. The number of aryl methyl sites for hydroxylation is 1. The zero-order valence-corrected chi connectivity index (χ0v) is 11.0. The Labute approximate surface area is 115 Å². The van der Waals surface area contributed by atoms with Gasteiger partial charge in [-0.3, -0.25) is 0 Å². The molecule has 3 rings (SSSR count). The van der Waals surface area contributed by atoms with E-state index in [2.05, 4.69) is 5.16 Å². The van der Waals surface area contributed by atoms with Crippen LogP contribution in [0, 0.1) is 6.92 Å². The Morgan fingerprint density at radius 1 is 1.50 bits per heavy atom. The van der Waals surface area contributed by atoms with Gasteiger partial charge in [-0.05, 0) is 19.1 Å². The van der Waals surface area contributed by atoms with Gasteiger partial charge < -0.3 is 19.3 Å². The van der Waals surface area contributed by atoms with Crippen LogP contribution in [0.15, 0.2) is 28.8 Å². The topological polar surface area (TPSA) is 75.8 Å². The summed E-state index contributed by atoms with van der Waals surface area (Å²) in [6, 6.07) is 6.99. The first-order chi connectivity index (χ1) is 9.65. The van der Waals surface area contributed by atoms with Crippen LogP contribution < -0.4 is 9.64 Å². The van der Waals surface area contributed by atoms with Gasteiger partial charge in [0.15, 0.2) is 11.5 Å². The van der Waals surface area contributed by atoms with E-state index in [1.54, 1.807) is 12.1 Å². The fraction of sp³-hybridized carbons (Fsp3) is 0.286. The minimum absolute atomic E-state index is 0.181. The monoisotopic (exact) mass is 274 g/mol. The highest BCUT2D eigenvalue weighted by molar-refractivity contribution is 5.93. The van der Waals surface area contributed by atoms with Gasteiger partial charge >= 0.3 is 5.97 Å². The third kappa shape index (κ3) is 2.20. The standard InChI is InChI=1S/C14H14N2O4/c1-9-7-10(20-15-9)8-16-5-6-19-13-11(14(17)18)3-2-4-12(13)16/h2-4,7H,5-6,8H2,1H3,(H,17,18). The van der Waals surface area contributed by atoms with Gasteiger partial charge in [0.25, 0.3) is 0 Å². The maximum Gasteiger partial charge on any atom is 0.339 e. The molecule has 2 heterocycles. The van der Waals surface area contributed by atoms with Crippen LogP contribution in [0.4, 0.5) is 5.69 Å². The van der Waals surface area contributed by atoms with E-state index in [1.165, 1.54) is 0 Å². The second-order valence-electron chi connectivity index (χ2n) is 4.66. The summed E-state index contributed by atoms with van der Waals surface area (Å²) in [7, 11) is 0. The van der Waals surface area contributed by atoms with Gasteiger partial charge in [-0.1, -0.05) is 11.2 Å². The number of carbonyl (C=O) groups is 1. The number of benzene rings is 1. The van der Waals surface area contributed by atoms with Crippen LogP contribution in [0.25, 0.3) is 0 Å². The average molecular weight is 274 g/mol. The predicted octanol–water partition coefficient (Wildman–Crippen LogP) is 2.08. The second kappa shape index (κ2) is 4.88. The fourth-order valence-electron chi connectivity index (χ4n) is 2.32. The van der Waals surface area contributed by atoms with Gasteiger partial charge in [0, 0.05) is 6.07 Å². The lowest BCUT2D eigenvalue weighted by Crippen LogP contribution is -2.32. The number of carboxylic acids is 1. The minimum Gasteiger partial charge on any atom is -0.489 e. The summed E-state index contributed by atoms with van der Waals surface area (Å²) >= 11 is 0. The van der Waals surface area contributed by atoms with E-state index in [0.717, 1.165) is 17.1 Å². The SMILES string of the molecule is Cc1cc(CN2CCOc3c(C(=O)O)cccc32)on1. The summed E-state index contributed by atoms with van der Waals surface area (Å²) in [5, 5.41) is 13.0. The van der Waals surface area contributed by atoms with Gasteiger partial charge in [0.1, 0.15) is 12.2 Å². The first-order valence-corrected chi connectivity index (χ1v) is 6.31. The maximum absolute atomic E-state index is 11.2. The molecule has 1 aromatic carbocycles. The van der Waals surface area contributed by atoms with Crippen molar-refractivity contribution in [2.24, 2.45) is 0 Å². The number of rotatable bonds is 3. The Bertz CT molecular complexity index is 650. The van der Waals surface area contributed by atoms with E-state index >= 15 is 0 Å². The van der Waals surface area contributed by atoms with E-state index < -0.39 is 5.97 Å². The molecular weight excluding hydrogens is 260 g/mol. The Morgan fingerprint density at radius 2 is 2.35 bits per heavy atom. The van der Waals surface area contributed by atoms with Crippen LogP contribution in [0.3, 0.4) is 0 Å². The summed E-state index contributed by atoms with van der Waals surface area (Å²) < 4.78 is 10.7. The summed E-state index contributed by atoms with van der Waals surface area (Å²) in [5.74, 6) is 0.178. The fourth-order valence-corrected chi connectivity index (χ4v) is 2.32. The molecule has 0 unspecified atom stereocenters. The number of hydrogen-bond donors (Lipinski definition) is 1. The van der Waals surface area contributed by atoms with Crippen LogP contribution in [0.1, 0.15) is 21.8 Å². The van der Waals surface area contributed by atoms with Crippen LogP contribution in [-0.2, 0) is 6.54 Å². The molecule has 1 aromatic heterocycles. The number of carboxylic acid groups (broad SMARTS) is 1. The molecule has 0 saturated heterocycles. The third-order valence-corrected chi connectivity index (χ3v) is 3.20. The highest BCUT2D eigenvalue weighted by Crippen LogP contribution is 2.35. The summed E-state index contributed by atoms with van der Waals surface area (Å²) in [6.07, 6.45) is 0. The summed E-state index contributed by atoms with van der Waals surface area (Å²) in [4.78, 5) is 13.2. The zero-order valence-electron chi connectivity index (χ0n) is 11.0. The van der Waals surface area contributed by atoms with Gasteiger partial charge in [0.2, 0.25) is 0 Å². The first kappa shape index (κ1) is 12.5. The summed E-state index contributed by atoms with van der Waals surface area (Å²) in [5.41, 5.74) is 1.78. The molecule has 0 bridgehead atoms. The van der Waals surface area contributed by atoms with Gasteiger partial charge in [-0.25, -0.2) is 4.79 Å². The van der Waals surface area contributed by atoms with Crippen molar-refractivity contribution in [1.82, 2.24) is 5.16 Å². The van der Waals surface area contributed by atoms with Crippen LogP contribution in [-0.4, -0.2) is 29.4 Å². The first-order valence-electron chi connectivity index (χ1n) is 6.31. The Balaban J connectivity index is 1.94. The van der Waals surface area contributed by atoms with E-state index in [4.69, 9.17) is 9.26 Å². The number of anilines is 1. The lowest BCUT2D eigenvalue weighted by Gasteiger charge is -2.31. The molecule has 0 amide bonds. The van der Waals surface area contributed by atoms with Gasteiger partial charge in [0.05, 0.1) is 24.5 Å².